The van der Waals surface area contributed by atoms with E-state index in [9.17, 15) is 14.7 Å². The second-order valence-corrected chi connectivity index (χ2v) is 3.58. The van der Waals surface area contributed by atoms with E-state index < -0.39 is 30.3 Å². The van der Waals surface area contributed by atoms with Crippen molar-refractivity contribution >= 4 is 11.9 Å². The lowest BCUT2D eigenvalue weighted by Crippen LogP contribution is -2.41. The summed E-state index contributed by atoms with van der Waals surface area (Å²) >= 11 is 0. The summed E-state index contributed by atoms with van der Waals surface area (Å²) in [4.78, 5) is 22.4. The maximum atomic E-state index is 11.7. The Balaban J connectivity index is 2.83. The van der Waals surface area contributed by atoms with Crippen LogP contribution in [0.4, 0.5) is 0 Å². The fourth-order valence-corrected chi connectivity index (χ4v) is 1.33. The van der Waals surface area contributed by atoms with Gasteiger partial charge in [0, 0.05) is 19.1 Å². The molecule has 0 fully saturated rings. The van der Waals surface area contributed by atoms with Gasteiger partial charge in [-0.1, -0.05) is 0 Å². The number of benzene rings is 1. The SMILES string of the molecule is O=C(N[C@@H](CCO)C(=O)O)c1ccc(O)cc1O. The van der Waals surface area contributed by atoms with Crippen LogP contribution >= 0.6 is 0 Å². The van der Waals surface area contributed by atoms with E-state index in [-0.39, 0.29) is 17.7 Å². The van der Waals surface area contributed by atoms with Crippen LogP contribution in [0.25, 0.3) is 0 Å². The molecular formula is C11H13NO6. The molecule has 0 unspecified atom stereocenters. The van der Waals surface area contributed by atoms with Gasteiger partial charge < -0.3 is 25.7 Å². The van der Waals surface area contributed by atoms with Gasteiger partial charge in [-0.2, -0.15) is 0 Å². The average Bonchev–Trinajstić information content (AvgIpc) is 2.27. The normalized spacial score (nSPS) is 11.8. The fourth-order valence-electron chi connectivity index (χ4n) is 1.33. The van der Waals surface area contributed by atoms with Crippen molar-refractivity contribution in [3.05, 3.63) is 23.8 Å². The molecular weight excluding hydrogens is 242 g/mol. The van der Waals surface area contributed by atoms with Gasteiger partial charge in [-0.3, -0.25) is 4.79 Å². The molecule has 18 heavy (non-hydrogen) atoms. The van der Waals surface area contributed by atoms with E-state index in [0.29, 0.717) is 0 Å². The number of hydrogen-bond acceptors (Lipinski definition) is 5. The van der Waals surface area contributed by atoms with Gasteiger partial charge in [0.1, 0.15) is 17.5 Å². The van der Waals surface area contributed by atoms with Crippen molar-refractivity contribution in [2.45, 2.75) is 12.5 Å². The summed E-state index contributed by atoms with van der Waals surface area (Å²) in [5, 5.41) is 38.1. The van der Waals surface area contributed by atoms with Crippen LogP contribution in [0.5, 0.6) is 11.5 Å². The number of carboxylic acids is 1. The predicted molar refractivity (Wildman–Crippen MR) is 60.4 cm³/mol. The van der Waals surface area contributed by atoms with Crippen LogP contribution in [0.2, 0.25) is 0 Å². The summed E-state index contributed by atoms with van der Waals surface area (Å²) < 4.78 is 0. The zero-order chi connectivity index (χ0) is 13.7. The van der Waals surface area contributed by atoms with E-state index in [2.05, 4.69) is 5.32 Å². The van der Waals surface area contributed by atoms with Crippen molar-refractivity contribution in [3.63, 3.8) is 0 Å². The summed E-state index contributed by atoms with van der Waals surface area (Å²) in [5.74, 6) is -2.75. The third kappa shape index (κ3) is 3.36. The van der Waals surface area contributed by atoms with Gasteiger partial charge in [0.05, 0.1) is 5.56 Å². The van der Waals surface area contributed by atoms with Gasteiger partial charge in [-0.15, -0.1) is 0 Å². The molecule has 0 spiro atoms. The average molecular weight is 255 g/mol. The lowest BCUT2D eigenvalue weighted by atomic mass is 10.1. The molecule has 7 nitrogen and oxygen atoms in total. The minimum atomic E-state index is -1.28. The molecule has 0 radical (unpaired) electrons. The number of aliphatic hydroxyl groups is 1. The molecule has 0 aliphatic heterocycles. The highest BCUT2D eigenvalue weighted by atomic mass is 16.4. The highest BCUT2D eigenvalue weighted by Crippen LogP contribution is 2.22. The van der Waals surface area contributed by atoms with Crippen molar-refractivity contribution in [2.75, 3.05) is 6.61 Å². The number of amides is 1. The number of aliphatic hydroxyl groups excluding tert-OH is 1. The zero-order valence-electron chi connectivity index (χ0n) is 9.33. The van der Waals surface area contributed by atoms with Crippen molar-refractivity contribution in [3.8, 4) is 11.5 Å². The molecule has 5 N–H and O–H groups in total. The summed E-state index contributed by atoms with van der Waals surface area (Å²) in [5.41, 5.74) is -0.156. The van der Waals surface area contributed by atoms with Crippen LogP contribution in [0, 0.1) is 0 Å². The molecule has 0 saturated carbocycles. The number of carbonyl (C=O) groups excluding carboxylic acids is 1. The van der Waals surface area contributed by atoms with Crippen LogP contribution in [-0.4, -0.2) is 45.0 Å². The molecule has 0 aromatic heterocycles. The quantitative estimate of drug-likeness (QED) is 0.490. The molecule has 1 aromatic carbocycles. The monoisotopic (exact) mass is 255 g/mol. The van der Waals surface area contributed by atoms with Crippen molar-refractivity contribution in [2.24, 2.45) is 0 Å². The number of phenolic OH excluding ortho intramolecular Hbond substituents is 2. The number of carboxylic acid groups (broad SMARTS) is 1. The zero-order valence-corrected chi connectivity index (χ0v) is 9.33. The van der Waals surface area contributed by atoms with Gasteiger partial charge in [0.2, 0.25) is 0 Å². The van der Waals surface area contributed by atoms with Gasteiger partial charge in [-0.25, -0.2) is 4.79 Å². The lowest BCUT2D eigenvalue weighted by Gasteiger charge is -2.13. The molecule has 0 bridgehead atoms. The summed E-state index contributed by atoms with van der Waals surface area (Å²) in [6.07, 6.45) is -0.139. The van der Waals surface area contributed by atoms with E-state index >= 15 is 0 Å². The number of nitrogens with one attached hydrogen (secondary N) is 1. The minimum Gasteiger partial charge on any atom is -0.508 e. The van der Waals surface area contributed by atoms with Crippen LogP contribution in [0.3, 0.4) is 0 Å². The number of hydrogen-bond donors (Lipinski definition) is 5. The van der Waals surface area contributed by atoms with E-state index in [1.54, 1.807) is 0 Å². The maximum absolute atomic E-state index is 11.7. The van der Waals surface area contributed by atoms with Crippen molar-refractivity contribution in [1.82, 2.24) is 5.32 Å². The highest BCUT2D eigenvalue weighted by Gasteiger charge is 2.21. The molecule has 7 heteroatoms. The third-order valence-electron chi connectivity index (χ3n) is 2.25. The number of aliphatic carboxylic acids is 1. The smallest absolute Gasteiger partial charge is 0.326 e. The Hall–Kier alpha value is -2.28. The van der Waals surface area contributed by atoms with E-state index in [1.165, 1.54) is 6.07 Å². The second kappa shape index (κ2) is 5.87. The van der Waals surface area contributed by atoms with Gasteiger partial charge in [-0.05, 0) is 12.1 Å². The van der Waals surface area contributed by atoms with E-state index in [0.717, 1.165) is 12.1 Å². The Morgan fingerprint density at radius 3 is 2.44 bits per heavy atom. The van der Waals surface area contributed by atoms with E-state index in [1.807, 2.05) is 0 Å². The maximum Gasteiger partial charge on any atom is 0.326 e. The van der Waals surface area contributed by atoms with Crippen molar-refractivity contribution < 1.29 is 30.0 Å². The van der Waals surface area contributed by atoms with Crippen LogP contribution < -0.4 is 5.32 Å². The lowest BCUT2D eigenvalue weighted by molar-refractivity contribution is -0.139. The number of carbonyl (C=O) groups is 2. The first kappa shape index (κ1) is 13.8. The highest BCUT2D eigenvalue weighted by molar-refractivity contribution is 5.98. The molecule has 0 heterocycles. The molecule has 0 aliphatic rings. The van der Waals surface area contributed by atoms with Crippen molar-refractivity contribution in [1.29, 1.82) is 0 Å². The molecule has 1 rings (SSSR count). The summed E-state index contributed by atoms with van der Waals surface area (Å²) in [7, 11) is 0. The number of aromatic hydroxyl groups is 2. The number of rotatable bonds is 5. The first-order valence-corrected chi connectivity index (χ1v) is 5.12. The van der Waals surface area contributed by atoms with Crippen LogP contribution in [0.1, 0.15) is 16.8 Å². The second-order valence-electron chi connectivity index (χ2n) is 3.58. The minimum absolute atomic E-state index is 0.139. The molecule has 1 atom stereocenters. The summed E-state index contributed by atoms with van der Waals surface area (Å²) in [6.45, 7) is -0.390. The standard InChI is InChI=1S/C11H13NO6/c13-4-3-8(11(17)18)12-10(16)7-2-1-6(14)5-9(7)15/h1-2,5,8,13-15H,3-4H2,(H,12,16)(H,17,18)/t8-/m0/s1. The molecule has 98 valence electrons. The first-order chi connectivity index (χ1) is 8.45. The summed E-state index contributed by atoms with van der Waals surface area (Å²) in [6, 6.07) is 2.08. The molecule has 1 aromatic rings. The Bertz CT molecular complexity index is 459. The van der Waals surface area contributed by atoms with Gasteiger partial charge >= 0.3 is 5.97 Å². The Morgan fingerprint density at radius 2 is 1.94 bits per heavy atom. The predicted octanol–water partition coefficient (Wildman–Crippen LogP) is -0.337. The Labute approximate surface area is 102 Å². The third-order valence-corrected chi connectivity index (χ3v) is 2.25. The topological polar surface area (TPSA) is 127 Å². The van der Waals surface area contributed by atoms with Gasteiger partial charge in [0.15, 0.2) is 0 Å². The first-order valence-electron chi connectivity index (χ1n) is 5.12. The molecule has 1 amide bonds. The largest absolute Gasteiger partial charge is 0.508 e. The van der Waals surface area contributed by atoms with Crippen LogP contribution in [-0.2, 0) is 4.79 Å². The Morgan fingerprint density at radius 1 is 1.28 bits per heavy atom. The van der Waals surface area contributed by atoms with Gasteiger partial charge in [0.25, 0.3) is 5.91 Å². The number of phenols is 2. The Kier molecular flexibility index (Phi) is 4.50. The molecule has 0 saturated heterocycles. The molecule has 0 aliphatic carbocycles. The van der Waals surface area contributed by atoms with E-state index in [4.69, 9.17) is 15.3 Å². The fraction of sp³-hybridized carbons (Fsp3) is 0.273. The van der Waals surface area contributed by atoms with Crippen LogP contribution in [0.15, 0.2) is 18.2 Å².